The summed E-state index contributed by atoms with van der Waals surface area (Å²) >= 11 is 8.87. The number of halogens is 2. The Morgan fingerprint density at radius 2 is 2.15 bits per heavy atom. The van der Waals surface area contributed by atoms with Crippen molar-refractivity contribution >= 4 is 39.9 Å². The molecule has 0 aliphatic carbocycles. The summed E-state index contributed by atoms with van der Waals surface area (Å²) in [5.74, 6) is 0.0718. The molecule has 0 unspecified atom stereocenters. The predicted octanol–water partition coefficient (Wildman–Crippen LogP) is 3.02. The van der Waals surface area contributed by atoms with Crippen LogP contribution in [-0.4, -0.2) is 11.4 Å². The summed E-state index contributed by atoms with van der Waals surface area (Å²) < 4.78 is 0.505. The summed E-state index contributed by atoms with van der Waals surface area (Å²) in [6, 6.07) is 3.15. The molecule has 0 saturated carbocycles. The first-order valence-electron chi connectivity index (χ1n) is 3.45. The molecule has 1 aromatic carbocycles. The van der Waals surface area contributed by atoms with Crippen molar-refractivity contribution in [3.63, 3.8) is 0 Å². The van der Waals surface area contributed by atoms with Gasteiger partial charge in [-0.15, -0.1) is 0 Å². The minimum Gasteiger partial charge on any atom is -0.506 e. The molecule has 0 aromatic heterocycles. The summed E-state index contributed by atoms with van der Waals surface area (Å²) in [5, 5.41) is 9.97. The third-order valence-electron chi connectivity index (χ3n) is 1.41. The van der Waals surface area contributed by atoms with Crippen LogP contribution in [-0.2, 0) is 4.79 Å². The average Bonchev–Trinajstić information content (AvgIpc) is 2.09. The van der Waals surface area contributed by atoms with Gasteiger partial charge in [-0.25, -0.2) is 0 Å². The van der Waals surface area contributed by atoms with E-state index >= 15 is 0 Å². The molecule has 4 heteroatoms. The second-order valence-corrected chi connectivity index (χ2v) is 3.61. The summed E-state index contributed by atoms with van der Waals surface area (Å²) in [4.78, 5) is 10.0. The smallest absolute Gasteiger partial charge is 0.142 e. The molecule has 1 aromatic rings. The Bertz CT molecular complexity index is 361. The highest BCUT2D eigenvalue weighted by molar-refractivity contribution is 9.10. The van der Waals surface area contributed by atoms with Gasteiger partial charge >= 0.3 is 0 Å². The molecule has 1 rings (SSSR count). The van der Waals surface area contributed by atoms with Crippen molar-refractivity contribution in [2.45, 2.75) is 0 Å². The van der Waals surface area contributed by atoms with Gasteiger partial charge in [0.05, 0.1) is 4.47 Å². The van der Waals surface area contributed by atoms with Gasteiger partial charge in [-0.2, -0.15) is 0 Å². The van der Waals surface area contributed by atoms with Gasteiger partial charge in [0.15, 0.2) is 0 Å². The van der Waals surface area contributed by atoms with E-state index in [0.717, 1.165) is 0 Å². The largest absolute Gasteiger partial charge is 0.506 e. The van der Waals surface area contributed by atoms with Crippen LogP contribution >= 0.6 is 27.5 Å². The van der Waals surface area contributed by atoms with Gasteiger partial charge in [0, 0.05) is 10.6 Å². The Morgan fingerprint density at radius 3 is 2.77 bits per heavy atom. The lowest BCUT2D eigenvalue weighted by atomic mass is 10.2. The van der Waals surface area contributed by atoms with Gasteiger partial charge in [0.2, 0.25) is 0 Å². The molecule has 0 heterocycles. The molecular weight excluding hydrogens is 255 g/mol. The van der Waals surface area contributed by atoms with E-state index < -0.39 is 0 Å². The van der Waals surface area contributed by atoms with E-state index in [1.807, 2.05) is 0 Å². The maximum atomic E-state index is 10.0. The van der Waals surface area contributed by atoms with Crippen molar-refractivity contribution in [1.29, 1.82) is 0 Å². The zero-order valence-corrected chi connectivity index (χ0v) is 8.84. The van der Waals surface area contributed by atoms with Gasteiger partial charge in [0.1, 0.15) is 12.0 Å². The van der Waals surface area contributed by atoms with Crippen LogP contribution in [0.5, 0.6) is 5.75 Å². The number of rotatable bonds is 2. The van der Waals surface area contributed by atoms with Crippen LogP contribution in [0.15, 0.2) is 22.7 Å². The van der Waals surface area contributed by atoms with Crippen LogP contribution in [0, 0.1) is 0 Å². The molecule has 0 bridgehead atoms. The van der Waals surface area contributed by atoms with E-state index in [2.05, 4.69) is 15.9 Å². The van der Waals surface area contributed by atoms with Crippen LogP contribution in [0.4, 0.5) is 0 Å². The van der Waals surface area contributed by atoms with Gasteiger partial charge in [0.25, 0.3) is 0 Å². The van der Waals surface area contributed by atoms with E-state index in [4.69, 9.17) is 11.6 Å². The number of hydrogen-bond donors (Lipinski definition) is 1. The number of phenols is 1. The van der Waals surface area contributed by atoms with Crippen LogP contribution in [0.25, 0.3) is 6.08 Å². The number of aromatic hydroxyl groups is 1. The van der Waals surface area contributed by atoms with E-state index in [1.54, 1.807) is 12.1 Å². The van der Waals surface area contributed by atoms with Crippen molar-refractivity contribution in [2.75, 3.05) is 0 Å². The second-order valence-electron chi connectivity index (χ2n) is 2.32. The molecule has 1 N–H and O–H groups in total. The first kappa shape index (κ1) is 10.3. The van der Waals surface area contributed by atoms with Crippen LogP contribution in [0.2, 0.25) is 5.02 Å². The third kappa shape index (κ3) is 2.57. The van der Waals surface area contributed by atoms with E-state index in [0.29, 0.717) is 21.3 Å². The molecule has 0 amide bonds. The van der Waals surface area contributed by atoms with Crippen molar-refractivity contribution in [3.8, 4) is 5.75 Å². The minimum atomic E-state index is 0.0718. The van der Waals surface area contributed by atoms with Crippen LogP contribution in [0.3, 0.4) is 0 Å². The maximum absolute atomic E-state index is 10.0. The van der Waals surface area contributed by atoms with Crippen molar-refractivity contribution in [3.05, 3.63) is 33.3 Å². The normalized spacial score (nSPS) is 10.6. The predicted molar refractivity (Wildman–Crippen MR) is 55.9 cm³/mol. The Balaban J connectivity index is 3.19. The van der Waals surface area contributed by atoms with E-state index in [1.165, 1.54) is 12.2 Å². The molecule has 0 fully saturated rings. The van der Waals surface area contributed by atoms with Gasteiger partial charge in [-0.05, 0) is 40.2 Å². The van der Waals surface area contributed by atoms with Gasteiger partial charge < -0.3 is 5.11 Å². The first-order valence-corrected chi connectivity index (χ1v) is 4.62. The van der Waals surface area contributed by atoms with Crippen molar-refractivity contribution in [1.82, 2.24) is 0 Å². The van der Waals surface area contributed by atoms with Crippen LogP contribution < -0.4 is 0 Å². The third-order valence-corrected chi connectivity index (χ3v) is 2.23. The highest BCUT2D eigenvalue weighted by Crippen LogP contribution is 2.32. The quantitative estimate of drug-likeness (QED) is 0.656. The number of carbonyl (C=O) groups is 1. The molecule has 0 saturated heterocycles. The van der Waals surface area contributed by atoms with Crippen molar-refractivity contribution < 1.29 is 9.90 Å². The van der Waals surface area contributed by atoms with E-state index in [-0.39, 0.29) is 5.75 Å². The molecular formula is C9H6BrClO2. The minimum absolute atomic E-state index is 0.0718. The number of carbonyl (C=O) groups excluding carboxylic acids is 1. The molecule has 13 heavy (non-hydrogen) atoms. The zero-order valence-electron chi connectivity index (χ0n) is 6.50. The highest BCUT2D eigenvalue weighted by Gasteiger charge is 2.04. The topological polar surface area (TPSA) is 37.3 Å². The molecule has 2 nitrogen and oxygen atoms in total. The highest BCUT2D eigenvalue weighted by atomic mass is 79.9. The van der Waals surface area contributed by atoms with Crippen LogP contribution in [0.1, 0.15) is 5.56 Å². The lowest BCUT2D eigenvalue weighted by Gasteiger charge is -2.01. The van der Waals surface area contributed by atoms with Gasteiger partial charge in [-0.1, -0.05) is 11.6 Å². The second kappa shape index (κ2) is 4.44. The fraction of sp³-hybridized carbons (Fsp3) is 0. The molecule has 0 spiro atoms. The van der Waals surface area contributed by atoms with Crippen molar-refractivity contribution in [2.24, 2.45) is 0 Å². The SMILES string of the molecule is O=C/C=C/c1cc(Cl)cc(Br)c1O. The molecule has 0 aliphatic heterocycles. The monoisotopic (exact) mass is 260 g/mol. The van der Waals surface area contributed by atoms with E-state index in [9.17, 15) is 9.90 Å². The fourth-order valence-electron chi connectivity index (χ4n) is 0.856. The Labute approximate surface area is 89.0 Å². The summed E-state index contributed by atoms with van der Waals surface area (Å²) in [7, 11) is 0. The standard InChI is InChI=1S/C9H6BrClO2/c10-8-5-7(11)4-6(9(8)13)2-1-3-12/h1-5,13H/b2-1+. The molecule has 0 radical (unpaired) electrons. The fourth-order valence-corrected chi connectivity index (χ4v) is 1.69. The summed E-state index contributed by atoms with van der Waals surface area (Å²) in [6.07, 6.45) is 3.41. The molecule has 0 aliphatic rings. The first-order chi connectivity index (χ1) is 6.15. The number of aldehydes is 1. The molecule has 0 atom stereocenters. The number of hydrogen-bond acceptors (Lipinski definition) is 2. The summed E-state index contributed by atoms with van der Waals surface area (Å²) in [5.41, 5.74) is 0.506. The Morgan fingerprint density at radius 1 is 1.46 bits per heavy atom. The Kier molecular flexibility index (Phi) is 3.51. The average molecular weight is 262 g/mol. The lowest BCUT2D eigenvalue weighted by Crippen LogP contribution is -1.77. The van der Waals surface area contributed by atoms with Gasteiger partial charge in [-0.3, -0.25) is 4.79 Å². The number of allylic oxidation sites excluding steroid dienone is 1. The molecule has 68 valence electrons. The zero-order chi connectivity index (χ0) is 9.84. The summed E-state index contributed by atoms with van der Waals surface area (Å²) in [6.45, 7) is 0. The maximum Gasteiger partial charge on any atom is 0.142 e. The number of benzene rings is 1. The Hall–Kier alpha value is -0.800. The number of phenolic OH excluding ortho intramolecular Hbond substituents is 1. The lowest BCUT2D eigenvalue weighted by molar-refractivity contribution is -0.104.